The first kappa shape index (κ1) is 12.2. The topological polar surface area (TPSA) is 46.2 Å². The van der Waals surface area contributed by atoms with Crippen molar-refractivity contribution in [2.24, 2.45) is 0 Å². The van der Waals surface area contributed by atoms with Gasteiger partial charge in [0, 0.05) is 6.08 Å². The van der Waals surface area contributed by atoms with E-state index < -0.39 is 52.0 Å². The van der Waals surface area contributed by atoms with E-state index in [9.17, 15) is 31.5 Å². The van der Waals surface area contributed by atoms with Gasteiger partial charge < -0.3 is 0 Å². The predicted molar refractivity (Wildman–Crippen MR) is 47.4 cm³/mol. The highest BCUT2D eigenvalue weighted by molar-refractivity contribution is 6.33. The first-order chi connectivity index (χ1) is 8.34. The molecule has 18 heavy (non-hydrogen) atoms. The number of rotatable bonds is 1. The molecule has 2 amide bonds. The number of nitrogens with one attached hydrogen (secondary N) is 1. The summed E-state index contributed by atoms with van der Waals surface area (Å²) in [5.74, 6) is -13.3. The maximum atomic E-state index is 13.3. The summed E-state index contributed by atoms with van der Waals surface area (Å²) in [6.45, 7) is 0. The molecule has 1 aliphatic rings. The standard InChI is InChI=1S/C10H2F5NO2/c11-5-4(2-1-3(17)16-10(2)18)6(12)8(14)9(15)7(5)13/h1H,(H,16,17,18). The number of hydrogen-bond acceptors (Lipinski definition) is 2. The minimum absolute atomic E-state index is 0.459. The summed E-state index contributed by atoms with van der Waals surface area (Å²) >= 11 is 0. The zero-order chi connectivity index (χ0) is 13.6. The Morgan fingerprint density at radius 3 is 1.61 bits per heavy atom. The fourth-order valence-corrected chi connectivity index (χ4v) is 1.44. The van der Waals surface area contributed by atoms with Gasteiger partial charge in [0.2, 0.25) is 5.82 Å². The van der Waals surface area contributed by atoms with Crippen LogP contribution in [0.2, 0.25) is 0 Å². The molecule has 0 aromatic heterocycles. The van der Waals surface area contributed by atoms with Gasteiger partial charge in [0.15, 0.2) is 23.3 Å². The maximum Gasteiger partial charge on any atom is 0.259 e. The Labute approximate surface area is 95.9 Å². The van der Waals surface area contributed by atoms with Gasteiger partial charge in [0.05, 0.1) is 11.1 Å². The molecule has 94 valence electrons. The molecule has 0 fully saturated rings. The van der Waals surface area contributed by atoms with Crippen LogP contribution in [0, 0.1) is 29.1 Å². The zero-order valence-corrected chi connectivity index (χ0v) is 8.28. The van der Waals surface area contributed by atoms with Crippen molar-refractivity contribution in [3.8, 4) is 0 Å². The van der Waals surface area contributed by atoms with E-state index in [2.05, 4.69) is 0 Å². The molecule has 0 radical (unpaired) electrons. The van der Waals surface area contributed by atoms with Gasteiger partial charge in [-0.25, -0.2) is 22.0 Å². The first-order valence-electron chi connectivity index (χ1n) is 4.43. The Hall–Kier alpha value is -2.25. The lowest BCUT2D eigenvalue weighted by Gasteiger charge is -2.07. The molecule has 0 unspecified atom stereocenters. The molecule has 0 aliphatic carbocycles. The minimum Gasteiger partial charge on any atom is -0.289 e. The molecule has 2 rings (SSSR count). The molecule has 1 aliphatic heterocycles. The molecule has 3 nitrogen and oxygen atoms in total. The van der Waals surface area contributed by atoms with Gasteiger partial charge in [0.1, 0.15) is 0 Å². The lowest BCUT2D eigenvalue weighted by Crippen LogP contribution is -2.22. The molecule has 1 heterocycles. The van der Waals surface area contributed by atoms with Gasteiger partial charge in [-0.05, 0) is 0 Å². The second kappa shape index (κ2) is 3.90. The van der Waals surface area contributed by atoms with Crippen LogP contribution in [0.5, 0.6) is 0 Å². The number of hydrogen-bond donors (Lipinski definition) is 1. The van der Waals surface area contributed by atoms with Gasteiger partial charge in [-0.3, -0.25) is 14.9 Å². The van der Waals surface area contributed by atoms with E-state index in [0.29, 0.717) is 6.08 Å². The van der Waals surface area contributed by atoms with Crippen molar-refractivity contribution in [3.05, 3.63) is 40.7 Å². The average Bonchev–Trinajstić information content (AvgIpc) is 2.64. The van der Waals surface area contributed by atoms with Crippen LogP contribution < -0.4 is 5.32 Å². The van der Waals surface area contributed by atoms with Gasteiger partial charge in [0.25, 0.3) is 11.8 Å². The van der Waals surface area contributed by atoms with Crippen LogP contribution in [0.4, 0.5) is 22.0 Å². The van der Waals surface area contributed by atoms with Gasteiger partial charge >= 0.3 is 0 Å². The van der Waals surface area contributed by atoms with Crippen LogP contribution in [0.1, 0.15) is 5.56 Å². The average molecular weight is 263 g/mol. The molecule has 0 saturated carbocycles. The first-order valence-corrected chi connectivity index (χ1v) is 4.43. The highest BCUT2D eigenvalue weighted by atomic mass is 19.2. The zero-order valence-electron chi connectivity index (χ0n) is 8.28. The Bertz CT molecular complexity index is 594. The molecule has 1 aromatic carbocycles. The molecular formula is C10H2F5NO2. The Morgan fingerprint density at radius 2 is 1.22 bits per heavy atom. The monoisotopic (exact) mass is 263 g/mol. The number of imide groups is 1. The second-order valence-electron chi connectivity index (χ2n) is 3.32. The van der Waals surface area contributed by atoms with Crippen LogP contribution in [0.15, 0.2) is 6.08 Å². The highest BCUT2D eigenvalue weighted by Crippen LogP contribution is 2.29. The summed E-state index contributed by atoms with van der Waals surface area (Å²) in [5, 5.41) is 1.63. The van der Waals surface area contributed by atoms with E-state index in [0.717, 1.165) is 0 Å². The van der Waals surface area contributed by atoms with Crippen LogP contribution in [0.25, 0.3) is 5.57 Å². The van der Waals surface area contributed by atoms with Crippen molar-refractivity contribution in [3.63, 3.8) is 0 Å². The van der Waals surface area contributed by atoms with Crippen molar-refractivity contribution < 1.29 is 31.5 Å². The Kier molecular flexibility index (Phi) is 2.64. The van der Waals surface area contributed by atoms with Gasteiger partial charge in [-0.1, -0.05) is 0 Å². The fraction of sp³-hybridized carbons (Fsp3) is 0. The van der Waals surface area contributed by atoms with E-state index in [-0.39, 0.29) is 0 Å². The normalized spacial score (nSPS) is 14.8. The minimum atomic E-state index is -2.33. The third-order valence-corrected chi connectivity index (χ3v) is 2.24. The number of benzene rings is 1. The SMILES string of the molecule is O=C1C=C(c2c(F)c(F)c(F)c(F)c2F)C(=O)N1. The maximum absolute atomic E-state index is 13.3. The van der Waals surface area contributed by atoms with E-state index in [1.807, 2.05) is 0 Å². The van der Waals surface area contributed by atoms with Gasteiger partial charge in [-0.2, -0.15) is 0 Å². The largest absolute Gasteiger partial charge is 0.289 e. The van der Waals surface area contributed by atoms with Crippen LogP contribution >= 0.6 is 0 Å². The predicted octanol–water partition coefficient (Wildman–Crippen LogP) is 1.42. The molecule has 1 aromatic rings. The third-order valence-electron chi connectivity index (χ3n) is 2.24. The molecular weight excluding hydrogens is 261 g/mol. The van der Waals surface area contributed by atoms with Crippen LogP contribution in [-0.2, 0) is 9.59 Å². The lowest BCUT2D eigenvalue weighted by molar-refractivity contribution is -0.123. The van der Waals surface area contributed by atoms with Crippen molar-refractivity contribution in [1.82, 2.24) is 5.32 Å². The molecule has 0 saturated heterocycles. The summed E-state index contributed by atoms with van der Waals surface area (Å²) in [6.07, 6.45) is 0.459. The highest BCUT2D eigenvalue weighted by Gasteiger charge is 2.33. The summed E-state index contributed by atoms with van der Waals surface area (Å²) in [7, 11) is 0. The Morgan fingerprint density at radius 1 is 0.778 bits per heavy atom. The van der Waals surface area contributed by atoms with E-state index in [1.165, 1.54) is 0 Å². The van der Waals surface area contributed by atoms with Gasteiger partial charge in [-0.15, -0.1) is 0 Å². The fourth-order valence-electron chi connectivity index (χ4n) is 1.44. The Balaban J connectivity index is 2.77. The molecule has 0 spiro atoms. The van der Waals surface area contributed by atoms with Crippen molar-refractivity contribution in [2.45, 2.75) is 0 Å². The van der Waals surface area contributed by atoms with E-state index >= 15 is 0 Å². The quantitative estimate of drug-likeness (QED) is 0.360. The van der Waals surface area contributed by atoms with Crippen molar-refractivity contribution >= 4 is 17.4 Å². The molecule has 1 N–H and O–H groups in total. The number of carbonyl (C=O) groups is 2. The number of carbonyl (C=O) groups excluding carboxylic acids is 2. The third kappa shape index (κ3) is 1.57. The smallest absolute Gasteiger partial charge is 0.259 e. The molecule has 0 atom stereocenters. The summed E-state index contributed by atoms with van der Waals surface area (Å²) in [4.78, 5) is 21.9. The van der Waals surface area contributed by atoms with E-state index in [4.69, 9.17) is 0 Å². The molecule has 0 bridgehead atoms. The summed E-state index contributed by atoms with van der Waals surface area (Å²) in [6, 6.07) is 0. The van der Waals surface area contributed by atoms with E-state index in [1.54, 1.807) is 5.32 Å². The number of halogens is 5. The van der Waals surface area contributed by atoms with Crippen LogP contribution in [0.3, 0.4) is 0 Å². The lowest BCUT2D eigenvalue weighted by atomic mass is 10.0. The van der Waals surface area contributed by atoms with Crippen molar-refractivity contribution in [2.75, 3.05) is 0 Å². The van der Waals surface area contributed by atoms with Crippen LogP contribution in [-0.4, -0.2) is 11.8 Å². The second-order valence-corrected chi connectivity index (χ2v) is 3.32. The summed E-state index contributed by atoms with van der Waals surface area (Å²) < 4.78 is 65.1. The molecule has 8 heteroatoms. The number of amides is 2. The summed E-state index contributed by atoms with van der Waals surface area (Å²) in [5.41, 5.74) is -2.33. The van der Waals surface area contributed by atoms with Crippen molar-refractivity contribution in [1.29, 1.82) is 0 Å².